The third-order valence-corrected chi connectivity index (χ3v) is 2.24. The van der Waals surface area contributed by atoms with Gasteiger partial charge >= 0.3 is 12.3 Å². The number of benzene rings is 2. The molecule has 0 spiro atoms. The zero-order valence-electron chi connectivity index (χ0n) is 9.82. The first kappa shape index (κ1) is 12.9. The number of hydrogen-bond donors (Lipinski definition) is 1. The average Bonchev–Trinajstić information content (AvgIpc) is 2.41. The number of ether oxygens (including phenoxy) is 2. The molecule has 19 heavy (non-hydrogen) atoms. The van der Waals surface area contributed by atoms with Crippen molar-refractivity contribution in [1.82, 2.24) is 0 Å². The third-order valence-electron chi connectivity index (χ3n) is 2.24. The van der Waals surface area contributed by atoms with Crippen LogP contribution in [0.15, 0.2) is 54.6 Å². The molecule has 0 aromatic heterocycles. The number of carboxylic acid groups (broad SMARTS) is 1. The van der Waals surface area contributed by atoms with Crippen LogP contribution in [-0.2, 0) is 4.79 Å². The SMILES string of the molecule is O=C(O)C(Oc1ccccc1)Oc1ccc(F)cc1. The molecule has 0 amide bonds. The summed E-state index contributed by atoms with van der Waals surface area (Å²) in [5.74, 6) is -1.11. The fraction of sp³-hybridized carbons (Fsp3) is 0.0714. The average molecular weight is 262 g/mol. The minimum absolute atomic E-state index is 0.213. The summed E-state index contributed by atoms with van der Waals surface area (Å²) >= 11 is 0. The number of hydrogen-bond acceptors (Lipinski definition) is 3. The molecule has 2 rings (SSSR count). The highest BCUT2D eigenvalue weighted by Crippen LogP contribution is 2.16. The number of halogens is 1. The molecular weight excluding hydrogens is 251 g/mol. The van der Waals surface area contributed by atoms with Crippen molar-refractivity contribution < 1.29 is 23.8 Å². The van der Waals surface area contributed by atoms with Crippen LogP contribution in [0, 0.1) is 5.82 Å². The van der Waals surface area contributed by atoms with Crippen LogP contribution in [0.5, 0.6) is 11.5 Å². The van der Waals surface area contributed by atoms with E-state index < -0.39 is 18.1 Å². The largest absolute Gasteiger partial charge is 0.476 e. The van der Waals surface area contributed by atoms with Gasteiger partial charge < -0.3 is 14.6 Å². The number of carboxylic acids is 1. The molecule has 0 saturated heterocycles. The predicted octanol–water partition coefficient (Wildman–Crippen LogP) is 2.69. The molecule has 0 fully saturated rings. The van der Waals surface area contributed by atoms with E-state index in [0.29, 0.717) is 5.75 Å². The molecule has 2 aromatic carbocycles. The van der Waals surface area contributed by atoms with Gasteiger partial charge in [0.05, 0.1) is 0 Å². The van der Waals surface area contributed by atoms with Crippen LogP contribution in [0.3, 0.4) is 0 Å². The molecule has 0 radical (unpaired) electrons. The van der Waals surface area contributed by atoms with Crippen molar-refractivity contribution in [2.45, 2.75) is 6.29 Å². The summed E-state index contributed by atoms with van der Waals surface area (Å²) in [6.45, 7) is 0. The van der Waals surface area contributed by atoms with Crippen molar-refractivity contribution in [3.05, 3.63) is 60.4 Å². The summed E-state index contributed by atoms with van der Waals surface area (Å²) < 4.78 is 23.1. The van der Waals surface area contributed by atoms with Crippen molar-refractivity contribution >= 4 is 5.97 Å². The molecule has 0 bridgehead atoms. The summed E-state index contributed by atoms with van der Waals surface area (Å²) in [5, 5.41) is 9.03. The van der Waals surface area contributed by atoms with Crippen LogP contribution in [0.25, 0.3) is 0 Å². The summed E-state index contributed by atoms with van der Waals surface area (Å²) in [4.78, 5) is 11.1. The van der Waals surface area contributed by atoms with E-state index in [1.807, 2.05) is 0 Å². The van der Waals surface area contributed by atoms with Crippen molar-refractivity contribution in [3.63, 3.8) is 0 Å². The highest BCUT2D eigenvalue weighted by Gasteiger charge is 2.21. The first-order chi connectivity index (χ1) is 9.15. The summed E-state index contributed by atoms with van der Waals surface area (Å²) in [7, 11) is 0. The van der Waals surface area contributed by atoms with E-state index in [1.165, 1.54) is 24.3 Å². The molecule has 5 heteroatoms. The van der Waals surface area contributed by atoms with E-state index in [1.54, 1.807) is 30.3 Å². The first-order valence-corrected chi connectivity index (χ1v) is 5.52. The van der Waals surface area contributed by atoms with Crippen LogP contribution in [0.1, 0.15) is 0 Å². The Hall–Kier alpha value is -2.56. The fourth-order valence-corrected chi connectivity index (χ4v) is 1.38. The number of aliphatic carboxylic acids is 1. The second kappa shape index (κ2) is 5.86. The Bertz CT molecular complexity index is 539. The molecule has 0 heterocycles. The van der Waals surface area contributed by atoms with Crippen LogP contribution < -0.4 is 9.47 Å². The van der Waals surface area contributed by atoms with Gasteiger partial charge in [-0.05, 0) is 36.4 Å². The fourth-order valence-electron chi connectivity index (χ4n) is 1.38. The van der Waals surface area contributed by atoms with Crippen LogP contribution >= 0.6 is 0 Å². The Balaban J connectivity index is 2.08. The highest BCUT2D eigenvalue weighted by molar-refractivity contribution is 5.71. The standard InChI is InChI=1S/C14H11FO4/c15-10-6-8-12(9-7-10)19-14(13(16)17)18-11-4-2-1-3-5-11/h1-9,14H,(H,16,17). The lowest BCUT2D eigenvalue weighted by Crippen LogP contribution is -2.33. The molecule has 98 valence electrons. The number of rotatable bonds is 5. The maximum absolute atomic E-state index is 12.7. The molecular formula is C14H11FO4. The lowest BCUT2D eigenvalue weighted by molar-refractivity contribution is -0.158. The van der Waals surface area contributed by atoms with E-state index in [2.05, 4.69) is 0 Å². The van der Waals surface area contributed by atoms with Gasteiger partial charge in [-0.1, -0.05) is 18.2 Å². The molecule has 1 unspecified atom stereocenters. The van der Waals surface area contributed by atoms with Crippen LogP contribution in [0.2, 0.25) is 0 Å². The third kappa shape index (κ3) is 3.70. The smallest absolute Gasteiger partial charge is 0.387 e. The molecule has 1 atom stereocenters. The van der Waals surface area contributed by atoms with Crippen LogP contribution in [0.4, 0.5) is 4.39 Å². The lowest BCUT2D eigenvalue weighted by Gasteiger charge is -2.16. The van der Waals surface area contributed by atoms with Gasteiger partial charge in [-0.3, -0.25) is 0 Å². The second-order valence-electron chi connectivity index (χ2n) is 3.67. The predicted molar refractivity (Wildman–Crippen MR) is 65.5 cm³/mol. The maximum atomic E-state index is 12.7. The van der Waals surface area contributed by atoms with E-state index >= 15 is 0 Å². The zero-order valence-corrected chi connectivity index (χ0v) is 9.82. The van der Waals surface area contributed by atoms with Gasteiger partial charge in [-0.15, -0.1) is 0 Å². The molecule has 0 aliphatic heterocycles. The number of para-hydroxylation sites is 1. The zero-order chi connectivity index (χ0) is 13.7. The Morgan fingerprint density at radius 1 is 0.947 bits per heavy atom. The topological polar surface area (TPSA) is 55.8 Å². The van der Waals surface area contributed by atoms with Gasteiger partial charge in [0.25, 0.3) is 0 Å². The molecule has 2 aromatic rings. The van der Waals surface area contributed by atoms with Crippen molar-refractivity contribution in [1.29, 1.82) is 0 Å². The lowest BCUT2D eigenvalue weighted by atomic mass is 10.3. The monoisotopic (exact) mass is 262 g/mol. The molecule has 0 aliphatic rings. The molecule has 1 N–H and O–H groups in total. The van der Waals surface area contributed by atoms with Crippen molar-refractivity contribution in [3.8, 4) is 11.5 Å². The van der Waals surface area contributed by atoms with E-state index in [9.17, 15) is 9.18 Å². The summed E-state index contributed by atoms with van der Waals surface area (Å²) in [5.41, 5.74) is 0. The summed E-state index contributed by atoms with van der Waals surface area (Å²) in [6, 6.07) is 13.5. The Morgan fingerprint density at radius 3 is 2.00 bits per heavy atom. The van der Waals surface area contributed by atoms with Gasteiger partial charge in [-0.25, -0.2) is 9.18 Å². The molecule has 4 nitrogen and oxygen atoms in total. The van der Waals surface area contributed by atoms with Gasteiger partial charge in [-0.2, -0.15) is 0 Å². The minimum atomic E-state index is -1.49. The van der Waals surface area contributed by atoms with Gasteiger partial charge in [0.1, 0.15) is 17.3 Å². The minimum Gasteiger partial charge on any atom is -0.476 e. The maximum Gasteiger partial charge on any atom is 0.387 e. The van der Waals surface area contributed by atoms with Crippen LogP contribution in [-0.4, -0.2) is 17.4 Å². The number of carbonyl (C=O) groups is 1. The van der Waals surface area contributed by atoms with Gasteiger partial charge in [0.2, 0.25) is 0 Å². The van der Waals surface area contributed by atoms with E-state index in [-0.39, 0.29) is 5.75 Å². The Kier molecular flexibility index (Phi) is 3.97. The highest BCUT2D eigenvalue weighted by atomic mass is 19.1. The van der Waals surface area contributed by atoms with Crippen molar-refractivity contribution in [2.75, 3.05) is 0 Å². The van der Waals surface area contributed by atoms with E-state index in [4.69, 9.17) is 14.6 Å². The van der Waals surface area contributed by atoms with Gasteiger partial charge in [0, 0.05) is 0 Å². The second-order valence-corrected chi connectivity index (χ2v) is 3.67. The van der Waals surface area contributed by atoms with E-state index in [0.717, 1.165) is 0 Å². The normalized spacial score (nSPS) is 11.6. The summed E-state index contributed by atoms with van der Waals surface area (Å²) in [6.07, 6.45) is -1.49. The van der Waals surface area contributed by atoms with Crippen molar-refractivity contribution in [2.24, 2.45) is 0 Å². The quantitative estimate of drug-likeness (QED) is 0.842. The molecule has 0 aliphatic carbocycles. The molecule has 0 saturated carbocycles. The van der Waals surface area contributed by atoms with Gasteiger partial charge in [0.15, 0.2) is 0 Å². The Morgan fingerprint density at radius 2 is 1.47 bits per heavy atom. The first-order valence-electron chi connectivity index (χ1n) is 5.52. The Labute approximate surface area is 109 Å².